The minimum atomic E-state index is -3.38. The number of hydrogen-bond acceptors (Lipinski definition) is 4. The van der Waals surface area contributed by atoms with Gasteiger partial charge in [0.15, 0.2) is 0 Å². The Labute approximate surface area is 158 Å². The summed E-state index contributed by atoms with van der Waals surface area (Å²) in [4.78, 5) is 24.6. The molecule has 2 amide bonds. The molecule has 0 aromatic heterocycles. The number of fused-ring (bicyclic) bond motifs is 1. The SMILES string of the molecule is Cc1ccccc1C(=O)NNC(=O)c1ccc2c(c1)CC(C)N2S(C)(=O)=O. The summed E-state index contributed by atoms with van der Waals surface area (Å²) in [6.07, 6.45) is 1.69. The van der Waals surface area contributed by atoms with E-state index in [0.29, 0.717) is 23.2 Å². The van der Waals surface area contributed by atoms with Crippen molar-refractivity contribution in [2.24, 2.45) is 0 Å². The third kappa shape index (κ3) is 3.80. The van der Waals surface area contributed by atoms with Gasteiger partial charge in [-0.25, -0.2) is 8.42 Å². The number of carbonyl (C=O) groups excluding carboxylic acids is 2. The molecule has 27 heavy (non-hydrogen) atoms. The van der Waals surface area contributed by atoms with Gasteiger partial charge >= 0.3 is 0 Å². The smallest absolute Gasteiger partial charge is 0.267 e. The van der Waals surface area contributed by atoms with Crippen LogP contribution in [0.5, 0.6) is 0 Å². The molecule has 0 fully saturated rings. The van der Waals surface area contributed by atoms with Crippen molar-refractivity contribution in [1.82, 2.24) is 10.9 Å². The number of rotatable bonds is 3. The maximum absolute atomic E-state index is 12.4. The zero-order chi connectivity index (χ0) is 19.8. The standard InChI is InChI=1S/C19H21N3O4S/c1-12-6-4-5-7-16(12)19(24)21-20-18(23)14-8-9-17-15(11-14)10-13(2)22(17)27(3,25)26/h4-9,11,13H,10H2,1-3H3,(H,20,23)(H,21,24). The first-order chi connectivity index (χ1) is 12.7. The number of benzene rings is 2. The van der Waals surface area contributed by atoms with Crippen molar-refractivity contribution in [2.75, 3.05) is 10.6 Å². The molecule has 1 heterocycles. The van der Waals surface area contributed by atoms with Gasteiger partial charge in [-0.1, -0.05) is 18.2 Å². The van der Waals surface area contributed by atoms with Gasteiger partial charge in [-0.15, -0.1) is 0 Å². The van der Waals surface area contributed by atoms with E-state index in [0.717, 1.165) is 11.1 Å². The van der Waals surface area contributed by atoms with Crippen LogP contribution < -0.4 is 15.2 Å². The van der Waals surface area contributed by atoms with Crippen LogP contribution in [0.4, 0.5) is 5.69 Å². The second-order valence-electron chi connectivity index (χ2n) is 6.68. The fourth-order valence-corrected chi connectivity index (χ4v) is 4.59. The highest BCUT2D eigenvalue weighted by molar-refractivity contribution is 7.92. The number of hydrazine groups is 1. The van der Waals surface area contributed by atoms with Gasteiger partial charge in [0.05, 0.1) is 11.9 Å². The summed E-state index contributed by atoms with van der Waals surface area (Å²) in [5.74, 6) is -0.871. The lowest BCUT2D eigenvalue weighted by Crippen LogP contribution is -2.41. The molecule has 0 saturated heterocycles. The molecule has 0 spiro atoms. The minimum absolute atomic E-state index is 0.200. The monoisotopic (exact) mass is 387 g/mol. The predicted octanol–water partition coefficient (Wildman–Crippen LogP) is 1.78. The average Bonchev–Trinajstić information content (AvgIpc) is 2.94. The van der Waals surface area contributed by atoms with Gasteiger partial charge in [0.2, 0.25) is 10.0 Å². The van der Waals surface area contributed by atoms with Crippen LogP contribution in [0.2, 0.25) is 0 Å². The summed E-state index contributed by atoms with van der Waals surface area (Å²) in [5, 5.41) is 0. The van der Waals surface area contributed by atoms with Crippen LogP contribution in [0, 0.1) is 6.92 Å². The van der Waals surface area contributed by atoms with E-state index in [2.05, 4.69) is 10.9 Å². The minimum Gasteiger partial charge on any atom is -0.267 e. The van der Waals surface area contributed by atoms with Crippen LogP contribution in [-0.4, -0.2) is 32.5 Å². The van der Waals surface area contributed by atoms with E-state index in [-0.39, 0.29) is 6.04 Å². The van der Waals surface area contributed by atoms with Crippen molar-refractivity contribution < 1.29 is 18.0 Å². The Hall–Kier alpha value is -2.87. The number of carbonyl (C=O) groups is 2. The molecule has 2 aromatic rings. The molecule has 8 heteroatoms. The topological polar surface area (TPSA) is 95.6 Å². The van der Waals surface area contributed by atoms with Gasteiger partial charge in [0.1, 0.15) is 0 Å². The molecule has 2 aromatic carbocycles. The lowest BCUT2D eigenvalue weighted by Gasteiger charge is -2.21. The second-order valence-corrected chi connectivity index (χ2v) is 8.54. The van der Waals surface area contributed by atoms with E-state index < -0.39 is 21.8 Å². The Kier molecular flexibility index (Phi) is 4.93. The normalized spacial score (nSPS) is 16.0. The molecule has 0 bridgehead atoms. The molecule has 0 saturated carbocycles. The van der Waals surface area contributed by atoms with E-state index >= 15 is 0 Å². The first-order valence-corrected chi connectivity index (χ1v) is 10.3. The maximum Gasteiger partial charge on any atom is 0.269 e. The summed E-state index contributed by atoms with van der Waals surface area (Å²) < 4.78 is 25.3. The van der Waals surface area contributed by atoms with Gasteiger partial charge in [0, 0.05) is 17.2 Å². The van der Waals surface area contributed by atoms with E-state index in [1.54, 1.807) is 30.3 Å². The Bertz CT molecular complexity index is 1020. The Balaban J connectivity index is 1.73. The van der Waals surface area contributed by atoms with Crippen LogP contribution in [0.25, 0.3) is 0 Å². The van der Waals surface area contributed by atoms with Crippen LogP contribution in [-0.2, 0) is 16.4 Å². The van der Waals surface area contributed by atoms with Crippen LogP contribution >= 0.6 is 0 Å². The highest BCUT2D eigenvalue weighted by Crippen LogP contribution is 2.34. The van der Waals surface area contributed by atoms with Gasteiger partial charge < -0.3 is 0 Å². The van der Waals surface area contributed by atoms with Crippen molar-refractivity contribution in [3.63, 3.8) is 0 Å². The van der Waals surface area contributed by atoms with E-state index in [1.807, 2.05) is 26.0 Å². The summed E-state index contributed by atoms with van der Waals surface area (Å²) >= 11 is 0. The summed E-state index contributed by atoms with van der Waals surface area (Å²) in [7, 11) is -3.38. The molecule has 0 radical (unpaired) electrons. The highest BCUT2D eigenvalue weighted by Gasteiger charge is 2.32. The fourth-order valence-electron chi connectivity index (χ4n) is 3.33. The van der Waals surface area contributed by atoms with E-state index in [1.165, 1.54) is 10.6 Å². The average molecular weight is 387 g/mol. The molecular formula is C19H21N3O4S. The van der Waals surface area contributed by atoms with Crippen molar-refractivity contribution >= 4 is 27.5 Å². The third-order valence-corrected chi connectivity index (χ3v) is 5.80. The molecule has 0 aliphatic carbocycles. The molecular weight excluding hydrogens is 366 g/mol. The zero-order valence-electron chi connectivity index (χ0n) is 15.3. The van der Waals surface area contributed by atoms with Crippen molar-refractivity contribution in [2.45, 2.75) is 26.3 Å². The quantitative estimate of drug-likeness (QED) is 0.785. The Morgan fingerprint density at radius 2 is 1.74 bits per heavy atom. The maximum atomic E-state index is 12.4. The third-order valence-electron chi connectivity index (χ3n) is 4.53. The Morgan fingerprint density at radius 3 is 2.41 bits per heavy atom. The largest absolute Gasteiger partial charge is 0.269 e. The molecule has 1 atom stereocenters. The number of anilines is 1. The van der Waals surface area contributed by atoms with Crippen molar-refractivity contribution in [1.29, 1.82) is 0 Å². The highest BCUT2D eigenvalue weighted by atomic mass is 32.2. The van der Waals surface area contributed by atoms with Gasteiger partial charge in [-0.3, -0.25) is 24.7 Å². The summed E-state index contributed by atoms with van der Waals surface area (Å²) in [5.41, 5.74) is 7.80. The van der Waals surface area contributed by atoms with E-state index in [9.17, 15) is 18.0 Å². The van der Waals surface area contributed by atoms with Gasteiger partial charge in [-0.05, 0) is 55.7 Å². The number of nitrogens with zero attached hydrogens (tertiary/aromatic N) is 1. The molecule has 3 rings (SSSR count). The van der Waals surface area contributed by atoms with Gasteiger partial charge in [0.25, 0.3) is 11.8 Å². The van der Waals surface area contributed by atoms with Crippen molar-refractivity contribution in [3.05, 3.63) is 64.7 Å². The second kappa shape index (κ2) is 7.03. The first kappa shape index (κ1) is 18.9. The molecule has 1 unspecified atom stereocenters. The number of hydrogen-bond donors (Lipinski definition) is 2. The molecule has 7 nitrogen and oxygen atoms in total. The molecule has 2 N–H and O–H groups in total. The number of sulfonamides is 1. The lowest BCUT2D eigenvalue weighted by atomic mass is 10.1. The number of aryl methyl sites for hydroxylation is 1. The molecule has 1 aliphatic heterocycles. The summed E-state index contributed by atoms with van der Waals surface area (Å²) in [6, 6.07) is 11.7. The van der Waals surface area contributed by atoms with Crippen LogP contribution in [0.1, 0.15) is 38.8 Å². The lowest BCUT2D eigenvalue weighted by molar-refractivity contribution is 0.0846. The van der Waals surface area contributed by atoms with Crippen molar-refractivity contribution in [3.8, 4) is 0 Å². The number of nitrogens with one attached hydrogen (secondary N) is 2. The van der Waals surface area contributed by atoms with Gasteiger partial charge in [-0.2, -0.15) is 0 Å². The number of amides is 2. The fraction of sp³-hybridized carbons (Fsp3) is 0.263. The molecule has 1 aliphatic rings. The van der Waals surface area contributed by atoms with E-state index in [4.69, 9.17) is 0 Å². The first-order valence-electron chi connectivity index (χ1n) is 8.47. The molecule has 142 valence electrons. The summed E-state index contributed by atoms with van der Waals surface area (Å²) in [6.45, 7) is 3.63. The zero-order valence-corrected chi connectivity index (χ0v) is 16.1. The Morgan fingerprint density at radius 1 is 1.07 bits per heavy atom. The van der Waals surface area contributed by atoms with Crippen LogP contribution in [0.3, 0.4) is 0 Å². The predicted molar refractivity (Wildman–Crippen MR) is 103 cm³/mol. The van der Waals surface area contributed by atoms with Crippen LogP contribution in [0.15, 0.2) is 42.5 Å².